The minimum atomic E-state index is -0.818. The van der Waals surface area contributed by atoms with Crippen molar-refractivity contribution in [3.05, 3.63) is 60.2 Å². The Bertz CT molecular complexity index is 641. The molecule has 1 aliphatic rings. The van der Waals surface area contributed by atoms with Crippen LogP contribution in [0.2, 0.25) is 0 Å². The van der Waals surface area contributed by atoms with Crippen LogP contribution in [0.15, 0.2) is 48.9 Å². The Morgan fingerprint density at radius 2 is 2.09 bits per heavy atom. The topological polar surface area (TPSA) is 87.1 Å². The van der Waals surface area contributed by atoms with Crippen molar-refractivity contribution in [2.45, 2.75) is 18.1 Å². The van der Waals surface area contributed by atoms with E-state index < -0.39 is 11.6 Å². The molecule has 3 N–H and O–H groups in total. The Hall–Kier alpha value is -2.02. The van der Waals surface area contributed by atoms with Crippen LogP contribution < -0.4 is 10.6 Å². The first-order valence-electron chi connectivity index (χ1n) is 7.25. The molecule has 1 aliphatic heterocycles. The molecule has 2 heterocycles. The molecule has 0 radical (unpaired) electrons. The van der Waals surface area contributed by atoms with Crippen molar-refractivity contribution in [1.82, 2.24) is 20.6 Å². The van der Waals surface area contributed by atoms with Gasteiger partial charge in [0.1, 0.15) is 5.69 Å². The number of nitrogens with one attached hydrogen (secondary N) is 2. The third-order valence-electron chi connectivity index (χ3n) is 4.02. The van der Waals surface area contributed by atoms with Crippen LogP contribution in [-0.4, -0.2) is 40.2 Å². The monoisotopic (exact) mass is 334 g/mol. The minimum absolute atomic E-state index is 0. The van der Waals surface area contributed by atoms with E-state index in [-0.39, 0.29) is 24.0 Å². The molecule has 2 aromatic rings. The largest absolute Gasteiger partial charge is 0.389 e. The molecule has 0 aliphatic carbocycles. The lowest BCUT2D eigenvalue weighted by Crippen LogP contribution is -2.61. The minimum Gasteiger partial charge on any atom is -0.389 e. The van der Waals surface area contributed by atoms with E-state index >= 15 is 0 Å². The lowest BCUT2D eigenvalue weighted by molar-refractivity contribution is 0.0287. The zero-order chi connectivity index (χ0) is 15.4. The van der Waals surface area contributed by atoms with Gasteiger partial charge >= 0.3 is 0 Å². The molecule has 0 spiro atoms. The number of halogens is 1. The lowest BCUT2D eigenvalue weighted by Gasteiger charge is -2.42. The Balaban J connectivity index is 0.00000192. The number of benzene rings is 1. The molecule has 1 saturated heterocycles. The Morgan fingerprint density at radius 3 is 2.74 bits per heavy atom. The van der Waals surface area contributed by atoms with E-state index in [4.69, 9.17) is 0 Å². The van der Waals surface area contributed by atoms with Gasteiger partial charge in [-0.15, -0.1) is 12.4 Å². The molecule has 2 atom stereocenters. The van der Waals surface area contributed by atoms with Gasteiger partial charge in [-0.3, -0.25) is 9.78 Å². The van der Waals surface area contributed by atoms with Crippen molar-refractivity contribution in [3.8, 4) is 0 Å². The number of rotatable bonds is 3. The molecule has 23 heavy (non-hydrogen) atoms. The summed E-state index contributed by atoms with van der Waals surface area (Å²) in [6, 6.07) is 9.56. The summed E-state index contributed by atoms with van der Waals surface area (Å²) in [5.41, 5.74) is 0.311. The predicted molar refractivity (Wildman–Crippen MR) is 88.4 cm³/mol. The SMILES string of the molecule is Cl.O=C(N[C@]1(c2ccccc2)CCNC[C@H]1O)c1cnccn1. The normalized spacial score (nSPS) is 23.6. The van der Waals surface area contributed by atoms with Gasteiger partial charge in [-0.05, 0) is 18.5 Å². The van der Waals surface area contributed by atoms with Gasteiger partial charge in [0.15, 0.2) is 0 Å². The molecule has 3 rings (SSSR count). The van der Waals surface area contributed by atoms with E-state index in [0.717, 1.165) is 5.56 Å². The number of aliphatic hydroxyl groups excluding tert-OH is 1. The number of carbonyl (C=O) groups is 1. The van der Waals surface area contributed by atoms with Gasteiger partial charge in [0, 0.05) is 18.9 Å². The fourth-order valence-corrected chi connectivity index (χ4v) is 2.84. The third kappa shape index (κ3) is 3.50. The summed E-state index contributed by atoms with van der Waals surface area (Å²) in [4.78, 5) is 20.4. The van der Waals surface area contributed by atoms with E-state index in [1.807, 2.05) is 30.3 Å². The second kappa shape index (κ2) is 7.50. The van der Waals surface area contributed by atoms with Crippen LogP contribution >= 0.6 is 12.4 Å². The number of piperidine rings is 1. The van der Waals surface area contributed by atoms with Crippen molar-refractivity contribution >= 4 is 18.3 Å². The molecule has 122 valence electrons. The quantitative estimate of drug-likeness (QED) is 0.775. The zero-order valence-corrected chi connectivity index (χ0v) is 13.3. The van der Waals surface area contributed by atoms with Crippen LogP contribution in [0.4, 0.5) is 0 Å². The first-order chi connectivity index (χ1) is 10.7. The van der Waals surface area contributed by atoms with Gasteiger partial charge in [0.2, 0.25) is 0 Å². The second-order valence-electron chi connectivity index (χ2n) is 5.35. The smallest absolute Gasteiger partial charge is 0.272 e. The molecule has 0 unspecified atom stereocenters. The van der Waals surface area contributed by atoms with Gasteiger partial charge in [-0.25, -0.2) is 4.98 Å². The van der Waals surface area contributed by atoms with Crippen LogP contribution in [0.3, 0.4) is 0 Å². The van der Waals surface area contributed by atoms with Gasteiger partial charge < -0.3 is 15.7 Å². The molecular formula is C16H19ClN4O2. The summed E-state index contributed by atoms with van der Waals surface area (Å²) in [7, 11) is 0. The van der Waals surface area contributed by atoms with Gasteiger partial charge in [0.25, 0.3) is 5.91 Å². The highest BCUT2D eigenvalue weighted by atomic mass is 35.5. The van der Waals surface area contributed by atoms with E-state index in [1.165, 1.54) is 18.6 Å². The van der Waals surface area contributed by atoms with E-state index in [0.29, 0.717) is 19.5 Å². The number of β-amino-alcohol motifs (C(OH)–C–C–N with tert-alkyl or cyclic N) is 1. The first-order valence-corrected chi connectivity index (χ1v) is 7.25. The molecule has 0 bridgehead atoms. The highest BCUT2D eigenvalue weighted by Crippen LogP contribution is 2.31. The van der Waals surface area contributed by atoms with Crippen LogP contribution in [-0.2, 0) is 5.54 Å². The van der Waals surface area contributed by atoms with Crippen molar-refractivity contribution in [1.29, 1.82) is 0 Å². The highest BCUT2D eigenvalue weighted by Gasteiger charge is 2.43. The van der Waals surface area contributed by atoms with Gasteiger partial charge in [0.05, 0.1) is 17.8 Å². The molecule has 6 nitrogen and oxygen atoms in total. The number of nitrogens with zero attached hydrogens (tertiary/aromatic N) is 2. The molecule has 7 heteroatoms. The maximum atomic E-state index is 12.5. The summed E-state index contributed by atoms with van der Waals surface area (Å²) < 4.78 is 0. The maximum absolute atomic E-state index is 12.5. The fraction of sp³-hybridized carbons (Fsp3) is 0.312. The van der Waals surface area contributed by atoms with E-state index in [2.05, 4.69) is 20.6 Å². The standard InChI is InChI=1S/C16H18N4O2.ClH/c21-14-11-17-7-6-16(14,12-4-2-1-3-5-12)20-15(22)13-10-18-8-9-19-13;/h1-5,8-10,14,17,21H,6-7,11H2,(H,20,22);1H/t14-,16+;/m1./s1. The Kier molecular flexibility index (Phi) is 5.65. The summed E-state index contributed by atoms with van der Waals surface area (Å²) in [5, 5.41) is 16.7. The fourth-order valence-electron chi connectivity index (χ4n) is 2.84. The number of aromatic nitrogens is 2. The molecular weight excluding hydrogens is 316 g/mol. The molecule has 1 amide bonds. The number of aliphatic hydroxyl groups is 1. The highest BCUT2D eigenvalue weighted by molar-refractivity contribution is 5.92. The average Bonchev–Trinajstić information content (AvgIpc) is 2.58. The summed E-state index contributed by atoms with van der Waals surface area (Å²) in [6.07, 6.45) is 4.29. The predicted octanol–water partition coefficient (Wildman–Crippen LogP) is 0.878. The van der Waals surface area contributed by atoms with Crippen molar-refractivity contribution < 1.29 is 9.90 Å². The Morgan fingerprint density at radius 1 is 1.30 bits per heavy atom. The third-order valence-corrected chi connectivity index (χ3v) is 4.02. The Labute approximate surface area is 140 Å². The summed E-state index contributed by atoms with van der Waals surface area (Å²) in [5.74, 6) is -0.335. The number of carbonyl (C=O) groups excluding carboxylic acids is 1. The van der Waals surface area contributed by atoms with Crippen molar-refractivity contribution in [3.63, 3.8) is 0 Å². The summed E-state index contributed by atoms with van der Waals surface area (Å²) >= 11 is 0. The molecule has 0 saturated carbocycles. The van der Waals surface area contributed by atoms with Gasteiger partial charge in [-0.1, -0.05) is 30.3 Å². The van der Waals surface area contributed by atoms with E-state index in [9.17, 15) is 9.90 Å². The summed E-state index contributed by atoms with van der Waals surface area (Å²) in [6.45, 7) is 1.14. The number of amides is 1. The first kappa shape index (κ1) is 17.3. The van der Waals surface area contributed by atoms with Crippen LogP contribution in [0.25, 0.3) is 0 Å². The second-order valence-corrected chi connectivity index (χ2v) is 5.35. The van der Waals surface area contributed by atoms with Crippen LogP contribution in [0.1, 0.15) is 22.5 Å². The van der Waals surface area contributed by atoms with Crippen LogP contribution in [0, 0.1) is 0 Å². The zero-order valence-electron chi connectivity index (χ0n) is 12.5. The lowest BCUT2D eigenvalue weighted by atomic mass is 9.79. The van der Waals surface area contributed by atoms with E-state index in [1.54, 1.807) is 0 Å². The maximum Gasteiger partial charge on any atom is 0.272 e. The van der Waals surface area contributed by atoms with Crippen molar-refractivity contribution in [2.24, 2.45) is 0 Å². The van der Waals surface area contributed by atoms with Crippen molar-refractivity contribution in [2.75, 3.05) is 13.1 Å². The molecule has 1 fully saturated rings. The molecule has 1 aromatic carbocycles. The average molecular weight is 335 g/mol. The van der Waals surface area contributed by atoms with Crippen LogP contribution in [0.5, 0.6) is 0 Å². The number of hydrogen-bond acceptors (Lipinski definition) is 5. The molecule has 1 aromatic heterocycles. The number of hydrogen-bond donors (Lipinski definition) is 3. The van der Waals surface area contributed by atoms with Gasteiger partial charge in [-0.2, -0.15) is 0 Å².